The highest BCUT2D eigenvalue weighted by molar-refractivity contribution is 5.96. The maximum Gasteiger partial charge on any atom is 0.354 e. The number of hydrogen-bond donors (Lipinski definition) is 2. The summed E-state index contributed by atoms with van der Waals surface area (Å²) in [6, 6.07) is 4.97. The summed E-state index contributed by atoms with van der Waals surface area (Å²) >= 11 is 0. The molecule has 0 aliphatic carbocycles. The molecule has 7 nitrogen and oxygen atoms in total. The Kier molecular flexibility index (Phi) is 2.36. The van der Waals surface area contributed by atoms with Crippen LogP contribution in [0.2, 0.25) is 0 Å². The number of carboxylic acid groups (broad SMARTS) is 1. The van der Waals surface area contributed by atoms with Gasteiger partial charge in [-0.3, -0.25) is 10.1 Å². The molecule has 0 unspecified atom stereocenters. The van der Waals surface area contributed by atoms with Gasteiger partial charge in [-0.05, 0) is 6.07 Å². The summed E-state index contributed by atoms with van der Waals surface area (Å²) in [7, 11) is 0. The van der Waals surface area contributed by atoms with E-state index in [-0.39, 0.29) is 22.3 Å². The third kappa shape index (κ3) is 1.73. The van der Waals surface area contributed by atoms with Crippen molar-refractivity contribution in [1.82, 2.24) is 4.98 Å². The molecule has 2 N–H and O–H groups in total. The van der Waals surface area contributed by atoms with Gasteiger partial charge in [0.1, 0.15) is 5.75 Å². The SMILES string of the molecule is O=C(O)c1cc(O)c2cccc([N+](=O)[O-])c2n1. The Balaban J connectivity index is 2.88. The number of nitro benzene ring substituents is 1. The summed E-state index contributed by atoms with van der Waals surface area (Å²) in [6.45, 7) is 0. The number of carbonyl (C=O) groups is 1. The smallest absolute Gasteiger partial charge is 0.354 e. The molecule has 1 aromatic carbocycles. The van der Waals surface area contributed by atoms with Gasteiger partial charge in [0.2, 0.25) is 0 Å². The van der Waals surface area contributed by atoms with E-state index in [9.17, 15) is 20.0 Å². The van der Waals surface area contributed by atoms with Gasteiger partial charge in [0.05, 0.1) is 4.92 Å². The minimum Gasteiger partial charge on any atom is -0.507 e. The van der Waals surface area contributed by atoms with Crippen LogP contribution in [-0.2, 0) is 0 Å². The Morgan fingerprint density at radius 1 is 1.41 bits per heavy atom. The molecule has 0 amide bonds. The molecule has 0 saturated heterocycles. The number of aromatic hydroxyl groups is 1. The van der Waals surface area contributed by atoms with Gasteiger partial charge in [0.25, 0.3) is 5.69 Å². The van der Waals surface area contributed by atoms with E-state index in [4.69, 9.17) is 5.11 Å². The van der Waals surface area contributed by atoms with Crippen LogP contribution in [0, 0.1) is 10.1 Å². The molecule has 0 bridgehead atoms. The molecule has 17 heavy (non-hydrogen) atoms. The van der Waals surface area contributed by atoms with Crippen LogP contribution < -0.4 is 0 Å². The molecule has 1 heterocycles. The van der Waals surface area contributed by atoms with E-state index in [1.807, 2.05) is 0 Å². The molecule has 1 aromatic heterocycles. The quantitative estimate of drug-likeness (QED) is 0.601. The summed E-state index contributed by atoms with van der Waals surface area (Å²) < 4.78 is 0. The van der Waals surface area contributed by atoms with Crippen molar-refractivity contribution in [3.05, 3.63) is 40.1 Å². The molecule has 86 valence electrons. The fraction of sp³-hybridized carbons (Fsp3) is 0. The van der Waals surface area contributed by atoms with Crippen LogP contribution in [0.4, 0.5) is 5.69 Å². The second kappa shape index (κ2) is 3.71. The standard InChI is InChI=1S/C10H6N2O5/c13-8-4-6(10(14)15)11-9-5(8)2-1-3-7(9)12(16)17/h1-4H,(H,11,13)(H,14,15). The molecule has 0 atom stereocenters. The number of aromatic carboxylic acids is 1. The Morgan fingerprint density at radius 2 is 2.12 bits per heavy atom. The van der Waals surface area contributed by atoms with Gasteiger partial charge < -0.3 is 10.2 Å². The highest BCUT2D eigenvalue weighted by atomic mass is 16.6. The average molecular weight is 234 g/mol. The zero-order valence-electron chi connectivity index (χ0n) is 8.32. The molecule has 0 fully saturated rings. The van der Waals surface area contributed by atoms with Gasteiger partial charge in [-0.1, -0.05) is 6.07 Å². The van der Waals surface area contributed by atoms with Crippen molar-refractivity contribution in [3.63, 3.8) is 0 Å². The molecule has 0 spiro atoms. The highest BCUT2D eigenvalue weighted by Gasteiger charge is 2.18. The third-order valence-electron chi connectivity index (χ3n) is 2.21. The van der Waals surface area contributed by atoms with E-state index in [0.29, 0.717) is 0 Å². The summed E-state index contributed by atoms with van der Waals surface area (Å²) in [4.78, 5) is 24.5. The van der Waals surface area contributed by atoms with Crippen LogP contribution in [0.3, 0.4) is 0 Å². The van der Waals surface area contributed by atoms with Crippen molar-refractivity contribution in [3.8, 4) is 5.75 Å². The monoisotopic (exact) mass is 234 g/mol. The first-order valence-corrected chi connectivity index (χ1v) is 4.51. The predicted molar refractivity (Wildman–Crippen MR) is 57.0 cm³/mol. The topological polar surface area (TPSA) is 114 Å². The van der Waals surface area contributed by atoms with Gasteiger partial charge in [-0.2, -0.15) is 0 Å². The number of carboxylic acids is 1. The average Bonchev–Trinajstić information content (AvgIpc) is 2.27. The first kappa shape index (κ1) is 10.8. The Bertz CT molecular complexity index is 638. The van der Waals surface area contributed by atoms with E-state index in [1.165, 1.54) is 18.2 Å². The number of para-hydroxylation sites is 1. The van der Waals surface area contributed by atoms with Crippen LogP contribution in [0.25, 0.3) is 10.9 Å². The van der Waals surface area contributed by atoms with E-state index in [1.54, 1.807) is 0 Å². The first-order valence-electron chi connectivity index (χ1n) is 4.51. The second-order valence-corrected chi connectivity index (χ2v) is 3.26. The minimum atomic E-state index is -1.36. The number of hydrogen-bond acceptors (Lipinski definition) is 5. The van der Waals surface area contributed by atoms with E-state index in [2.05, 4.69) is 4.98 Å². The maximum absolute atomic E-state index is 10.7. The Labute approximate surface area is 94.1 Å². The molecule has 2 rings (SSSR count). The lowest BCUT2D eigenvalue weighted by Crippen LogP contribution is -2.01. The van der Waals surface area contributed by atoms with E-state index < -0.39 is 16.6 Å². The van der Waals surface area contributed by atoms with Gasteiger partial charge in [0.15, 0.2) is 11.2 Å². The van der Waals surface area contributed by atoms with Crippen molar-refractivity contribution in [2.45, 2.75) is 0 Å². The number of pyridine rings is 1. The first-order chi connectivity index (χ1) is 8.00. The maximum atomic E-state index is 10.7. The molecule has 0 radical (unpaired) electrons. The van der Waals surface area contributed by atoms with Gasteiger partial charge in [0, 0.05) is 17.5 Å². The van der Waals surface area contributed by atoms with Gasteiger partial charge in [-0.25, -0.2) is 9.78 Å². The number of nitrogens with zero attached hydrogens (tertiary/aromatic N) is 2. The van der Waals surface area contributed by atoms with Crippen molar-refractivity contribution < 1.29 is 19.9 Å². The van der Waals surface area contributed by atoms with Crippen LogP contribution in [0.5, 0.6) is 5.75 Å². The summed E-state index contributed by atoms with van der Waals surface area (Å²) in [6.07, 6.45) is 0. The number of rotatable bonds is 2. The number of benzene rings is 1. The molecule has 0 saturated carbocycles. The van der Waals surface area contributed by atoms with Crippen molar-refractivity contribution in [2.75, 3.05) is 0 Å². The largest absolute Gasteiger partial charge is 0.507 e. The fourth-order valence-electron chi connectivity index (χ4n) is 1.47. The summed E-state index contributed by atoms with van der Waals surface area (Å²) in [5.41, 5.74) is -0.930. The van der Waals surface area contributed by atoms with Crippen molar-refractivity contribution >= 4 is 22.6 Å². The molecule has 0 aliphatic rings. The summed E-state index contributed by atoms with van der Waals surface area (Å²) in [5.74, 6) is -1.71. The molecular weight excluding hydrogens is 228 g/mol. The van der Waals surface area contributed by atoms with E-state index >= 15 is 0 Å². The number of nitro groups is 1. The highest BCUT2D eigenvalue weighted by Crippen LogP contribution is 2.30. The lowest BCUT2D eigenvalue weighted by Gasteiger charge is -2.02. The lowest BCUT2D eigenvalue weighted by molar-refractivity contribution is -0.383. The number of aromatic nitrogens is 1. The second-order valence-electron chi connectivity index (χ2n) is 3.26. The van der Waals surface area contributed by atoms with Gasteiger partial charge in [-0.15, -0.1) is 0 Å². The lowest BCUT2D eigenvalue weighted by atomic mass is 10.1. The Morgan fingerprint density at radius 3 is 2.71 bits per heavy atom. The summed E-state index contributed by atoms with van der Waals surface area (Å²) in [5, 5.41) is 29.2. The molecule has 0 aliphatic heterocycles. The predicted octanol–water partition coefficient (Wildman–Crippen LogP) is 1.55. The van der Waals surface area contributed by atoms with E-state index in [0.717, 1.165) is 6.07 Å². The Hall–Kier alpha value is -2.70. The third-order valence-corrected chi connectivity index (χ3v) is 2.21. The molecule has 7 heteroatoms. The minimum absolute atomic E-state index is 0.143. The van der Waals surface area contributed by atoms with Crippen molar-refractivity contribution in [2.24, 2.45) is 0 Å². The zero-order valence-corrected chi connectivity index (χ0v) is 8.32. The van der Waals surface area contributed by atoms with Crippen LogP contribution in [0.15, 0.2) is 24.3 Å². The van der Waals surface area contributed by atoms with Crippen LogP contribution in [0.1, 0.15) is 10.5 Å². The number of fused-ring (bicyclic) bond motifs is 1. The molecule has 2 aromatic rings. The normalized spacial score (nSPS) is 10.4. The van der Waals surface area contributed by atoms with Crippen LogP contribution in [-0.4, -0.2) is 26.1 Å². The number of non-ortho nitro benzene ring substituents is 1. The molecular formula is C10H6N2O5. The van der Waals surface area contributed by atoms with Gasteiger partial charge >= 0.3 is 5.97 Å². The van der Waals surface area contributed by atoms with Crippen LogP contribution >= 0.6 is 0 Å². The van der Waals surface area contributed by atoms with Crippen molar-refractivity contribution in [1.29, 1.82) is 0 Å². The fourth-order valence-corrected chi connectivity index (χ4v) is 1.47. The zero-order chi connectivity index (χ0) is 12.6.